The van der Waals surface area contributed by atoms with Gasteiger partial charge in [0.2, 0.25) is 5.82 Å². The van der Waals surface area contributed by atoms with E-state index in [2.05, 4.69) is 17.1 Å². The average molecular weight is 290 g/mol. The smallest absolute Gasteiger partial charge is 0.335 e. The van der Waals surface area contributed by atoms with Crippen LogP contribution in [0.5, 0.6) is 0 Å². The SMILES string of the molecule is CCCC(OCC)c1noc(-c2cccc(C(=O)O)c2)n1. The fourth-order valence-corrected chi connectivity index (χ4v) is 2.02. The Kier molecular flexibility index (Phi) is 5.05. The number of carboxylic acids is 1. The number of benzene rings is 1. The minimum absolute atomic E-state index is 0.183. The van der Waals surface area contributed by atoms with E-state index in [0.29, 0.717) is 23.9 Å². The largest absolute Gasteiger partial charge is 0.478 e. The van der Waals surface area contributed by atoms with Gasteiger partial charge in [-0.25, -0.2) is 4.79 Å². The van der Waals surface area contributed by atoms with E-state index < -0.39 is 5.97 Å². The van der Waals surface area contributed by atoms with Gasteiger partial charge in [-0.3, -0.25) is 0 Å². The Balaban J connectivity index is 2.26. The summed E-state index contributed by atoms with van der Waals surface area (Å²) in [6, 6.07) is 6.41. The topological polar surface area (TPSA) is 85.5 Å². The third kappa shape index (κ3) is 3.66. The molecule has 0 bridgehead atoms. The van der Waals surface area contributed by atoms with Gasteiger partial charge < -0.3 is 14.4 Å². The standard InChI is InChI=1S/C15H18N2O4/c1-3-6-12(20-4-2)13-16-14(21-17-13)10-7-5-8-11(9-10)15(18)19/h5,7-9,12H,3-4,6H2,1-2H3,(H,18,19). The van der Waals surface area contributed by atoms with Crippen molar-refractivity contribution in [1.29, 1.82) is 0 Å². The highest BCUT2D eigenvalue weighted by Gasteiger charge is 2.19. The summed E-state index contributed by atoms with van der Waals surface area (Å²) < 4.78 is 10.8. The Labute approximate surface area is 122 Å². The average Bonchev–Trinajstić information content (AvgIpc) is 2.97. The zero-order valence-corrected chi connectivity index (χ0v) is 12.1. The van der Waals surface area contributed by atoms with Gasteiger partial charge in [-0.1, -0.05) is 24.6 Å². The minimum atomic E-state index is -0.991. The lowest BCUT2D eigenvalue weighted by atomic mass is 10.1. The predicted molar refractivity (Wildman–Crippen MR) is 76.0 cm³/mol. The van der Waals surface area contributed by atoms with Crippen molar-refractivity contribution in [3.05, 3.63) is 35.7 Å². The Hall–Kier alpha value is -2.21. The second kappa shape index (κ2) is 6.99. The molecular weight excluding hydrogens is 272 g/mol. The Morgan fingerprint density at radius 1 is 1.43 bits per heavy atom. The molecule has 112 valence electrons. The van der Waals surface area contributed by atoms with Gasteiger partial charge in [0.15, 0.2) is 0 Å². The fraction of sp³-hybridized carbons (Fsp3) is 0.400. The first kappa shape index (κ1) is 15.2. The van der Waals surface area contributed by atoms with E-state index in [4.69, 9.17) is 14.4 Å². The molecule has 6 heteroatoms. The van der Waals surface area contributed by atoms with Crippen molar-refractivity contribution in [2.75, 3.05) is 6.61 Å². The van der Waals surface area contributed by atoms with Gasteiger partial charge >= 0.3 is 5.97 Å². The van der Waals surface area contributed by atoms with E-state index in [1.807, 2.05) is 6.92 Å². The highest BCUT2D eigenvalue weighted by molar-refractivity contribution is 5.88. The Morgan fingerprint density at radius 3 is 2.90 bits per heavy atom. The molecule has 1 aromatic carbocycles. The van der Waals surface area contributed by atoms with Crippen molar-refractivity contribution in [2.24, 2.45) is 0 Å². The quantitative estimate of drug-likeness (QED) is 0.842. The number of hydrogen-bond acceptors (Lipinski definition) is 5. The van der Waals surface area contributed by atoms with Gasteiger partial charge in [0.25, 0.3) is 5.89 Å². The zero-order valence-electron chi connectivity index (χ0n) is 12.1. The first-order chi connectivity index (χ1) is 10.2. The molecule has 0 saturated carbocycles. The van der Waals surface area contributed by atoms with Crippen LogP contribution in [0.2, 0.25) is 0 Å². The van der Waals surface area contributed by atoms with Crippen LogP contribution in [0.1, 0.15) is 49.0 Å². The van der Waals surface area contributed by atoms with Crippen LogP contribution >= 0.6 is 0 Å². The molecule has 0 aliphatic carbocycles. The summed E-state index contributed by atoms with van der Waals surface area (Å²) in [5, 5.41) is 12.9. The number of hydrogen-bond donors (Lipinski definition) is 1. The highest BCUT2D eigenvalue weighted by atomic mass is 16.5. The summed E-state index contributed by atoms with van der Waals surface area (Å²) in [7, 11) is 0. The minimum Gasteiger partial charge on any atom is -0.478 e. The second-order valence-corrected chi connectivity index (χ2v) is 4.58. The van der Waals surface area contributed by atoms with E-state index in [1.54, 1.807) is 12.1 Å². The van der Waals surface area contributed by atoms with Crippen LogP contribution in [0, 0.1) is 0 Å². The zero-order chi connectivity index (χ0) is 15.2. The van der Waals surface area contributed by atoms with Crippen LogP contribution in [-0.4, -0.2) is 27.8 Å². The molecule has 0 fully saturated rings. The molecule has 6 nitrogen and oxygen atoms in total. The first-order valence-corrected chi connectivity index (χ1v) is 6.94. The number of aromatic nitrogens is 2. The van der Waals surface area contributed by atoms with Crippen molar-refractivity contribution in [2.45, 2.75) is 32.8 Å². The van der Waals surface area contributed by atoms with Crippen LogP contribution in [-0.2, 0) is 4.74 Å². The summed E-state index contributed by atoms with van der Waals surface area (Å²) in [4.78, 5) is 15.3. The number of ether oxygens (including phenoxy) is 1. The number of carboxylic acid groups (broad SMARTS) is 1. The summed E-state index contributed by atoms with van der Waals surface area (Å²) in [6.07, 6.45) is 1.56. The molecule has 0 saturated heterocycles. The van der Waals surface area contributed by atoms with E-state index in [-0.39, 0.29) is 11.7 Å². The summed E-state index contributed by atoms with van der Waals surface area (Å²) in [6.45, 7) is 4.55. The third-order valence-electron chi connectivity index (χ3n) is 3.00. The molecule has 0 spiro atoms. The Morgan fingerprint density at radius 2 is 2.24 bits per heavy atom. The normalized spacial score (nSPS) is 12.3. The third-order valence-corrected chi connectivity index (χ3v) is 3.00. The molecule has 2 rings (SSSR count). The number of carbonyl (C=O) groups is 1. The molecule has 0 aliphatic rings. The molecule has 21 heavy (non-hydrogen) atoms. The van der Waals surface area contributed by atoms with Crippen LogP contribution in [0.15, 0.2) is 28.8 Å². The molecule has 2 aromatic rings. The molecule has 1 atom stereocenters. The van der Waals surface area contributed by atoms with E-state index in [1.165, 1.54) is 12.1 Å². The van der Waals surface area contributed by atoms with Crippen molar-refractivity contribution >= 4 is 5.97 Å². The van der Waals surface area contributed by atoms with E-state index in [0.717, 1.165) is 12.8 Å². The predicted octanol–water partition coefficient (Wildman–Crippen LogP) is 3.31. The van der Waals surface area contributed by atoms with Gasteiger partial charge in [0.05, 0.1) is 5.56 Å². The molecule has 1 aromatic heterocycles. The fourth-order valence-electron chi connectivity index (χ4n) is 2.02. The maximum absolute atomic E-state index is 11.0. The van der Waals surface area contributed by atoms with E-state index >= 15 is 0 Å². The molecule has 0 amide bonds. The lowest BCUT2D eigenvalue weighted by molar-refractivity contribution is 0.0478. The molecule has 1 unspecified atom stereocenters. The lowest BCUT2D eigenvalue weighted by Crippen LogP contribution is -2.06. The van der Waals surface area contributed by atoms with Crippen LogP contribution in [0.25, 0.3) is 11.5 Å². The van der Waals surface area contributed by atoms with Gasteiger partial charge in [-0.2, -0.15) is 4.98 Å². The van der Waals surface area contributed by atoms with Crippen molar-refractivity contribution in [3.63, 3.8) is 0 Å². The van der Waals surface area contributed by atoms with Crippen LogP contribution in [0.4, 0.5) is 0 Å². The highest BCUT2D eigenvalue weighted by Crippen LogP contribution is 2.24. The van der Waals surface area contributed by atoms with Crippen LogP contribution in [0.3, 0.4) is 0 Å². The first-order valence-electron chi connectivity index (χ1n) is 6.94. The Bertz CT molecular complexity index is 603. The van der Waals surface area contributed by atoms with Gasteiger partial charge in [-0.15, -0.1) is 0 Å². The number of nitrogens with zero attached hydrogens (tertiary/aromatic N) is 2. The molecule has 0 aliphatic heterocycles. The second-order valence-electron chi connectivity index (χ2n) is 4.58. The van der Waals surface area contributed by atoms with Crippen molar-refractivity contribution in [1.82, 2.24) is 10.1 Å². The number of rotatable bonds is 7. The van der Waals surface area contributed by atoms with Gasteiger partial charge in [-0.05, 0) is 31.5 Å². The lowest BCUT2D eigenvalue weighted by Gasteiger charge is -2.11. The molecular formula is C15H18N2O4. The molecule has 0 radical (unpaired) electrons. The monoisotopic (exact) mass is 290 g/mol. The molecule has 1 heterocycles. The molecule has 1 N–H and O–H groups in total. The number of aromatic carboxylic acids is 1. The van der Waals surface area contributed by atoms with Crippen molar-refractivity contribution < 1.29 is 19.2 Å². The van der Waals surface area contributed by atoms with Crippen LogP contribution < -0.4 is 0 Å². The summed E-state index contributed by atoms with van der Waals surface area (Å²) in [5.74, 6) is -0.196. The van der Waals surface area contributed by atoms with Gasteiger partial charge in [0.1, 0.15) is 6.10 Å². The van der Waals surface area contributed by atoms with E-state index in [9.17, 15) is 4.79 Å². The van der Waals surface area contributed by atoms with Gasteiger partial charge in [0, 0.05) is 12.2 Å². The summed E-state index contributed by atoms with van der Waals surface area (Å²) >= 11 is 0. The maximum atomic E-state index is 11.0. The summed E-state index contributed by atoms with van der Waals surface area (Å²) in [5.41, 5.74) is 0.766. The maximum Gasteiger partial charge on any atom is 0.335 e. The van der Waals surface area contributed by atoms with Crippen molar-refractivity contribution in [3.8, 4) is 11.5 Å².